The molecule has 24 heavy (non-hydrogen) atoms. The van der Waals surface area contributed by atoms with Gasteiger partial charge < -0.3 is 10.1 Å². The molecule has 2 aliphatic rings. The summed E-state index contributed by atoms with van der Waals surface area (Å²) in [5.41, 5.74) is 1.85. The molecule has 0 aliphatic carbocycles. The molecule has 4 rings (SSSR count). The van der Waals surface area contributed by atoms with Gasteiger partial charge in [0.15, 0.2) is 5.65 Å². The number of fused-ring (bicyclic) bond motifs is 1. The standard InChI is InChI=1S/C17H26N6O/c1-11-15-16(18-12(2)19-17(15)22(3)21-11)20-13-9-24-10-14(13)23-7-5-4-6-8-23/h13-14H,4-10H2,1-3H3,(H,18,19,20)/t13-,14-/m0/s1. The lowest BCUT2D eigenvalue weighted by atomic mass is 10.0. The number of nitrogens with one attached hydrogen (secondary N) is 1. The van der Waals surface area contributed by atoms with Crippen LogP contribution in [0.4, 0.5) is 5.82 Å². The van der Waals surface area contributed by atoms with Crippen molar-refractivity contribution < 1.29 is 4.74 Å². The van der Waals surface area contributed by atoms with Crippen LogP contribution >= 0.6 is 0 Å². The van der Waals surface area contributed by atoms with Crippen LogP contribution in [0.2, 0.25) is 0 Å². The van der Waals surface area contributed by atoms with Crippen molar-refractivity contribution in [3.8, 4) is 0 Å². The van der Waals surface area contributed by atoms with E-state index in [1.165, 1.54) is 32.4 Å². The molecular formula is C17H26N6O. The number of piperidine rings is 1. The van der Waals surface area contributed by atoms with Gasteiger partial charge in [0.25, 0.3) is 0 Å². The summed E-state index contributed by atoms with van der Waals surface area (Å²) in [7, 11) is 1.93. The van der Waals surface area contributed by atoms with E-state index in [9.17, 15) is 0 Å². The molecule has 0 saturated carbocycles. The number of rotatable bonds is 3. The maximum absolute atomic E-state index is 5.80. The fraction of sp³-hybridized carbons (Fsp3) is 0.706. The highest BCUT2D eigenvalue weighted by Crippen LogP contribution is 2.27. The summed E-state index contributed by atoms with van der Waals surface area (Å²) in [4.78, 5) is 11.8. The molecule has 7 nitrogen and oxygen atoms in total. The van der Waals surface area contributed by atoms with Gasteiger partial charge in [-0.1, -0.05) is 6.42 Å². The fourth-order valence-electron chi connectivity index (χ4n) is 4.02. The van der Waals surface area contributed by atoms with Crippen LogP contribution in [0.15, 0.2) is 0 Å². The zero-order valence-electron chi connectivity index (χ0n) is 14.7. The molecule has 4 heterocycles. The van der Waals surface area contributed by atoms with Crippen LogP contribution in [-0.2, 0) is 11.8 Å². The topological polar surface area (TPSA) is 68.1 Å². The van der Waals surface area contributed by atoms with Gasteiger partial charge in [0.05, 0.1) is 36.4 Å². The van der Waals surface area contributed by atoms with Gasteiger partial charge in [-0.25, -0.2) is 9.97 Å². The number of ether oxygens (including phenoxy) is 1. The zero-order chi connectivity index (χ0) is 16.7. The first-order chi connectivity index (χ1) is 11.6. The molecule has 2 aromatic heterocycles. The zero-order valence-corrected chi connectivity index (χ0v) is 14.7. The number of hydrogen-bond acceptors (Lipinski definition) is 6. The second kappa shape index (κ2) is 6.29. The minimum absolute atomic E-state index is 0.264. The van der Waals surface area contributed by atoms with E-state index in [0.29, 0.717) is 6.04 Å². The Labute approximate surface area is 142 Å². The minimum Gasteiger partial charge on any atom is -0.378 e. The van der Waals surface area contributed by atoms with Crippen LogP contribution in [-0.4, -0.2) is 63.0 Å². The van der Waals surface area contributed by atoms with Gasteiger partial charge in [0.1, 0.15) is 11.6 Å². The summed E-state index contributed by atoms with van der Waals surface area (Å²) < 4.78 is 7.64. The Balaban J connectivity index is 1.63. The predicted octanol–water partition coefficient (Wildman–Crippen LogP) is 1.65. The van der Waals surface area contributed by atoms with Crippen LogP contribution < -0.4 is 5.32 Å². The summed E-state index contributed by atoms with van der Waals surface area (Å²) >= 11 is 0. The summed E-state index contributed by atoms with van der Waals surface area (Å²) in [5.74, 6) is 1.65. The molecule has 130 valence electrons. The molecule has 0 unspecified atom stereocenters. The Morgan fingerprint density at radius 1 is 1.08 bits per heavy atom. The van der Waals surface area contributed by atoms with Crippen molar-refractivity contribution in [3.63, 3.8) is 0 Å². The first kappa shape index (κ1) is 15.8. The monoisotopic (exact) mass is 330 g/mol. The molecule has 0 aromatic carbocycles. The second-order valence-corrected chi connectivity index (χ2v) is 6.98. The number of likely N-dealkylation sites (tertiary alicyclic amines) is 1. The van der Waals surface area contributed by atoms with Crippen LogP contribution in [0.5, 0.6) is 0 Å². The van der Waals surface area contributed by atoms with Gasteiger partial charge in [-0.15, -0.1) is 0 Å². The molecule has 2 aliphatic heterocycles. The van der Waals surface area contributed by atoms with Crippen molar-refractivity contribution in [3.05, 3.63) is 11.5 Å². The summed E-state index contributed by atoms with van der Waals surface area (Å²) in [5, 5.41) is 9.18. The summed E-state index contributed by atoms with van der Waals surface area (Å²) in [6.07, 6.45) is 3.94. The Morgan fingerprint density at radius 3 is 2.67 bits per heavy atom. The lowest BCUT2D eigenvalue weighted by Crippen LogP contribution is -2.48. The summed E-state index contributed by atoms with van der Waals surface area (Å²) in [6.45, 7) is 7.83. The van der Waals surface area contributed by atoms with E-state index in [1.54, 1.807) is 0 Å². The third-order valence-electron chi connectivity index (χ3n) is 5.20. The molecule has 2 saturated heterocycles. The highest BCUT2D eigenvalue weighted by molar-refractivity contribution is 5.89. The molecular weight excluding hydrogens is 304 g/mol. The summed E-state index contributed by atoms with van der Waals surface area (Å²) in [6, 6.07) is 0.688. The van der Waals surface area contributed by atoms with E-state index in [4.69, 9.17) is 4.74 Å². The molecule has 1 N–H and O–H groups in total. The van der Waals surface area contributed by atoms with Crippen molar-refractivity contribution in [1.82, 2.24) is 24.6 Å². The normalized spacial score (nSPS) is 25.5. The van der Waals surface area contributed by atoms with Gasteiger partial charge in [-0.3, -0.25) is 9.58 Å². The third-order valence-corrected chi connectivity index (χ3v) is 5.20. The van der Waals surface area contributed by atoms with Crippen LogP contribution in [0.3, 0.4) is 0 Å². The number of aromatic nitrogens is 4. The van der Waals surface area contributed by atoms with Crippen molar-refractivity contribution in [2.75, 3.05) is 31.6 Å². The van der Waals surface area contributed by atoms with Gasteiger partial charge in [-0.2, -0.15) is 5.10 Å². The second-order valence-electron chi connectivity index (χ2n) is 6.98. The van der Waals surface area contributed by atoms with E-state index < -0.39 is 0 Å². The van der Waals surface area contributed by atoms with Crippen molar-refractivity contribution in [2.45, 2.75) is 45.2 Å². The largest absolute Gasteiger partial charge is 0.378 e. The molecule has 7 heteroatoms. The maximum atomic E-state index is 5.80. The van der Waals surface area contributed by atoms with Crippen LogP contribution in [0, 0.1) is 13.8 Å². The van der Waals surface area contributed by atoms with E-state index in [0.717, 1.165) is 41.6 Å². The Morgan fingerprint density at radius 2 is 1.88 bits per heavy atom. The number of nitrogens with zero attached hydrogens (tertiary/aromatic N) is 5. The SMILES string of the molecule is Cc1nc(N[C@H]2COC[C@@H]2N2CCCCC2)c2c(C)nn(C)c2n1. The highest BCUT2D eigenvalue weighted by Gasteiger charge is 2.34. The van der Waals surface area contributed by atoms with Crippen molar-refractivity contribution in [1.29, 1.82) is 0 Å². The Kier molecular flexibility index (Phi) is 4.14. The molecule has 2 aromatic rings. The van der Waals surface area contributed by atoms with Gasteiger partial charge in [0, 0.05) is 7.05 Å². The van der Waals surface area contributed by atoms with Gasteiger partial charge in [0.2, 0.25) is 0 Å². The van der Waals surface area contributed by atoms with E-state index in [2.05, 4.69) is 25.3 Å². The Bertz CT molecular complexity index is 736. The number of anilines is 1. The van der Waals surface area contributed by atoms with Gasteiger partial charge in [-0.05, 0) is 39.8 Å². The van der Waals surface area contributed by atoms with E-state index in [-0.39, 0.29) is 6.04 Å². The number of hydrogen-bond donors (Lipinski definition) is 1. The minimum atomic E-state index is 0.264. The lowest BCUT2D eigenvalue weighted by Gasteiger charge is -2.34. The Hall–Kier alpha value is -1.73. The third kappa shape index (κ3) is 2.75. The lowest BCUT2D eigenvalue weighted by molar-refractivity contribution is 0.127. The van der Waals surface area contributed by atoms with Crippen molar-refractivity contribution in [2.24, 2.45) is 7.05 Å². The van der Waals surface area contributed by atoms with E-state index >= 15 is 0 Å². The molecule has 0 radical (unpaired) electrons. The molecule has 2 atom stereocenters. The average Bonchev–Trinajstić information content (AvgIpc) is 3.13. The fourth-order valence-corrected chi connectivity index (χ4v) is 4.02. The molecule has 0 amide bonds. The smallest absolute Gasteiger partial charge is 0.163 e. The quantitative estimate of drug-likeness (QED) is 0.923. The molecule has 2 fully saturated rings. The average molecular weight is 330 g/mol. The first-order valence-electron chi connectivity index (χ1n) is 8.90. The van der Waals surface area contributed by atoms with Crippen LogP contribution in [0.25, 0.3) is 11.0 Å². The molecule has 0 spiro atoms. The highest BCUT2D eigenvalue weighted by atomic mass is 16.5. The number of aryl methyl sites for hydroxylation is 3. The maximum Gasteiger partial charge on any atom is 0.163 e. The first-order valence-corrected chi connectivity index (χ1v) is 8.90. The molecule has 0 bridgehead atoms. The van der Waals surface area contributed by atoms with E-state index in [1.807, 2.05) is 25.6 Å². The van der Waals surface area contributed by atoms with Crippen LogP contribution in [0.1, 0.15) is 30.8 Å². The van der Waals surface area contributed by atoms with Gasteiger partial charge >= 0.3 is 0 Å². The predicted molar refractivity (Wildman–Crippen MR) is 93.2 cm³/mol. The van der Waals surface area contributed by atoms with Crippen molar-refractivity contribution >= 4 is 16.9 Å².